The van der Waals surface area contributed by atoms with Crippen molar-refractivity contribution in [2.75, 3.05) is 0 Å². The smallest absolute Gasteiger partial charge is 0.390 e. The van der Waals surface area contributed by atoms with E-state index in [0.717, 1.165) is 0 Å². The highest BCUT2D eigenvalue weighted by Crippen LogP contribution is 1.80. The molecule has 0 aliphatic rings. The first-order valence-corrected chi connectivity index (χ1v) is 1.94. The summed E-state index contributed by atoms with van der Waals surface area (Å²) in [6, 6.07) is 0. The molecule has 10 heavy (non-hydrogen) atoms. The number of nitriles is 1. The number of rotatable bonds is 0. The van der Waals surface area contributed by atoms with Crippen LogP contribution in [0.25, 0.3) is 0 Å². The van der Waals surface area contributed by atoms with E-state index >= 15 is 0 Å². The lowest BCUT2D eigenvalue weighted by molar-refractivity contribution is -0.352. The third-order valence-corrected chi connectivity index (χ3v) is 0.463. The predicted octanol–water partition coefficient (Wildman–Crippen LogP) is -0.574. The van der Waals surface area contributed by atoms with E-state index in [1.807, 2.05) is 0 Å². The molecule has 8 heteroatoms. The molecule has 2 N–H and O–H groups in total. The Bertz CT molecular complexity index is 222. The van der Waals surface area contributed by atoms with E-state index in [1.165, 1.54) is 6.19 Å². The van der Waals surface area contributed by atoms with Crippen LogP contribution in [-0.4, -0.2) is 10.9 Å². The molecule has 0 unspecified atom stereocenters. The fourth-order valence-electron chi connectivity index (χ4n) is 0.177. The van der Waals surface area contributed by atoms with Crippen LogP contribution in [0.1, 0.15) is 0 Å². The van der Waals surface area contributed by atoms with Crippen LogP contribution in [0.15, 0.2) is 15.3 Å². The number of nitrogens with zero attached hydrogens (tertiary/aromatic N) is 5. The van der Waals surface area contributed by atoms with Crippen molar-refractivity contribution in [2.24, 2.45) is 21.2 Å². The van der Waals surface area contributed by atoms with E-state index < -0.39 is 10.9 Å². The van der Waals surface area contributed by atoms with Gasteiger partial charge in [0.1, 0.15) is 0 Å². The van der Waals surface area contributed by atoms with Crippen LogP contribution in [0.5, 0.6) is 0 Å². The normalized spacial score (nSPS) is 11.3. The topological polar surface area (TPSA) is 130 Å². The molecule has 0 rings (SSSR count). The summed E-state index contributed by atoms with van der Waals surface area (Å²) in [6.07, 6.45) is 1.20. The van der Waals surface area contributed by atoms with Crippen molar-refractivity contribution in [3.63, 3.8) is 0 Å². The maximum absolute atomic E-state index is 9.77. The second kappa shape index (κ2) is 3.90. The van der Waals surface area contributed by atoms with Crippen LogP contribution in [0.2, 0.25) is 0 Å². The summed E-state index contributed by atoms with van der Waals surface area (Å²) in [6.45, 7) is 0. The molecule has 8 nitrogen and oxygen atoms in total. The van der Waals surface area contributed by atoms with Crippen molar-refractivity contribution in [2.45, 2.75) is 0 Å². The molecule has 0 aromatic heterocycles. The molecule has 52 valence electrons. The third-order valence-electron chi connectivity index (χ3n) is 0.463. The molecule has 0 saturated heterocycles. The molecular weight excluding hydrogens is 140 g/mol. The quantitative estimate of drug-likeness (QED) is 0.0921. The van der Waals surface area contributed by atoms with Crippen molar-refractivity contribution in [1.82, 2.24) is 0 Å². The van der Waals surface area contributed by atoms with Gasteiger partial charge >= 0.3 is 5.96 Å². The van der Waals surface area contributed by atoms with Gasteiger partial charge in [0.15, 0.2) is 0 Å². The molecule has 0 aromatic carbocycles. The average Bonchev–Trinajstić information content (AvgIpc) is 1.89. The fraction of sp³-hybridized carbons (Fsp3) is 0. The molecule has 0 amide bonds. The number of hydrazone groups is 1. The molecular formula is C2H2N6O2. The Kier molecular flexibility index (Phi) is 3.11. The van der Waals surface area contributed by atoms with Gasteiger partial charge in [-0.25, -0.2) is 0 Å². The molecule has 0 aliphatic carbocycles. The lowest BCUT2D eigenvalue weighted by Crippen LogP contribution is -2.10. The Morgan fingerprint density at radius 2 is 2.40 bits per heavy atom. The van der Waals surface area contributed by atoms with Crippen molar-refractivity contribution in [3.8, 4) is 6.19 Å². The number of hydrogen-bond acceptors (Lipinski definition) is 6. The number of guanidine groups is 1. The van der Waals surface area contributed by atoms with Crippen molar-refractivity contribution < 1.29 is 4.92 Å². The highest BCUT2D eigenvalue weighted by Gasteiger charge is 2.08. The number of nitrogens with two attached hydrogens (primary N) is 1. The highest BCUT2D eigenvalue weighted by molar-refractivity contribution is 5.71. The minimum absolute atomic E-state index is 0.901. The number of hydrogen-bond donors (Lipinski definition) is 1. The van der Waals surface area contributed by atoms with Crippen LogP contribution >= 0.6 is 0 Å². The molecule has 0 aliphatic heterocycles. The van der Waals surface area contributed by atoms with E-state index in [2.05, 4.69) is 21.2 Å². The van der Waals surface area contributed by atoms with Gasteiger partial charge in [-0.3, -0.25) is 5.84 Å². The van der Waals surface area contributed by atoms with Gasteiger partial charge in [0.05, 0.1) is 5.11 Å². The molecule has 0 saturated carbocycles. The van der Waals surface area contributed by atoms with Crippen LogP contribution in [0.3, 0.4) is 0 Å². The second-order valence-corrected chi connectivity index (χ2v) is 0.986. The van der Waals surface area contributed by atoms with Gasteiger partial charge in [-0.15, -0.1) is 0 Å². The molecule has 0 radical (unpaired) electrons. The zero-order valence-corrected chi connectivity index (χ0v) is 4.63. The number of nitro groups is 1. The number of azo groups is 1. The van der Waals surface area contributed by atoms with Crippen molar-refractivity contribution in [3.05, 3.63) is 10.1 Å². The summed E-state index contributed by atoms with van der Waals surface area (Å²) in [4.78, 5) is 8.81. The van der Waals surface area contributed by atoms with Gasteiger partial charge in [0.2, 0.25) is 6.19 Å². The van der Waals surface area contributed by atoms with Crippen molar-refractivity contribution >= 4 is 5.96 Å². The predicted molar refractivity (Wildman–Crippen MR) is 29.1 cm³/mol. The largest absolute Gasteiger partial charge is 0.511 e. The first-order chi connectivity index (χ1) is 4.72. The van der Waals surface area contributed by atoms with Gasteiger partial charge in [-0.2, -0.15) is 5.26 Å². The Morgan fingerprint density at radius 3 is 2.70 bits per heavy atom. The Balaban J connectivity index is 4.30. The molecule has 0 heterocycles. The van der Waals surface area contributed by atoms with Crippen LogP contribution < -0.4 is 5.84 Å². The maximum Gasteiger partial charge on any atom is 0.511 e. The molecule has 0 atom stereocenters. The van der Waals surface area contributed by atoms with Gasteiger partial charge in [0, 0.05) is 10.2 Å². The summed E-state index contributed by atoms with van der Waals surface area (Å²) < 4.78 is 0. The highest BCUT2D eigenvalue weighted by atomic mass is 16.6. The van der Waals surface area contributed by atoms with Crippen LogP contribution in [0, 0.1) is 21.6 Å². The Morgan fingerprint density at radius 1 is 1.80 bits per heavy atom. The summed E-state index contributed by atoms with van der Waals surface area (Å²) in [5.74, 6) is 3.60. The zero-order valence-electron chi connectivity index (χ0n) is 4.63. The summed E-state index contributed by atoms with van der Waals surface area (Å²) in [5, 5.41) is 25.6. The Labute approximate surface area is 54.8 Å². The summed E-state index contributed by atoms with van der Waals surface area (Å²) in [7, 11) is 0. The Hall–Kier alpha value is -2.04. The van der Waals surface area contributed by atoms with E-state index in [-0.39, 0.29) is 0 Å². The van der Waals surface area contributed by atoms with E-state index in [9.17, 15) is 10.1 Å². The third kappa shape index (κ3) is 2.31. The van der Waals surface area contributed by atoms with Gasteiger partial charge in [0.25, 0.3) is 0 Å². The van der Waals surface area contributed by atoms with Crippen LogP contribution in [-0.2, 0) is 0 Å². The van der Waals surface area contributed by atoms with Crippen molar-refractivity contribution in [1.29, 1.82) is 5.26 Å². The van der Waals surface area contributed by atoms with Gasteiger partial charge in [-0.05, 0) is 4.92 Å². The molecule has 0 aromatic rings. The zero-order chi connectivity index (χ0) is 7.98. The van der Waals surface area contributed by atoms with E-state index in [0.29, 0.717) is 0 Å². The first-order valence-electron chi connectivity index (χ1n) is 1.94. The van der Waals surface area contributed by atoms with E-state index in [4.69, 9.17) is 5.26 Å². The van der Waals surface area contributed by atoms with E-state index in [1.54, 1.807) is 0 Å². The first kappa shape index (κ1) is 7.96. The summed E-state index contributed by atoms with van der Waals surface area (Å²) >= 11 is 0. The standard InChI is InChI=1S/C2H2N6O2/c3-1-5-7-2(6-4)8(9)10/h4H2. The minimum Gasteiger partial charge on any atom is -0.390 e. The minimum atomic E-state index is -0.958. The summed E-state index contributed by atoms with van der Waals surface area (Å²) in [5.41, 5.74) is 0. The average molecular weight is 142 g/mol. The molecule has 0 bridgehead atoms. The molecule has 0 spiro atoms. The lowest BCUT2D eigenvalue weighted by atomic mass is 11.1. The fourth-order valence-corrected chi connectivity index (χ4v) is 0.177. The maximum atomic E-state index is 9.77. The van der Waals surface area contributed by atoms with Crippen LogP contribution in [0.4, 0.5) is 0 Å². The van der Waals surface area contributed by atoms with Gasteiger partial charge < -0.3 is 10.1 Å². The molecule has 0 fully saturated rings. The SMILES string of the molecule is N#CN=NC(=NN)[N+](=O)[O-]. The monoisotopic (exact) mass is 142 g/mol. The second-order valence-electron chi connectivity index (χ2n) is 0.986. The van der Waals surface area contributed by atoms with Gasteiger partial charge in [-0.1, -0.05) is 0 Å². The lowest BCUT2D eigenvalue weighted by Gasteiger charge is -1.84.